The molecule has 0 fully saturated rings. The molecular formula is C20H27N5O4S2. The molecule has 5 N–H and O–H groups in total. The third-order valence-electron chi connectivity index (χ3n) is 5.50. The Bertz CT molecular complexity index is 1130. The van der Waals surface area contributed by atoms with Crippen LogP contribution in [0.5, 0.6) is 0 Å². The number of nitrogens with two attached hydrogens (primary N) is 1. The minimum atomic E-state index is -3.62. The number of pyridine rings is 1. The molecule has 2 heterocycles. The summed E-state index contributed by atoms with van der Waals surface area (Å²) in [5, 5.41) is 28.7. The summed E-state index contributed by atoms with van der Waals surface area (Å²) in [6.07, 6.45) is 5.54. The highest BCUT2D eigenvalue weighted by atomic mass is 32.2. The number of aryl methyl sites for hydroxylation is 2. The van der Waals surface area contributed by atoms with Crippen molar-refractivity contribution in [1.82, 2.24) is 9.97 Å². The van der Waals surface area contributed by atoms with Crippen molar-refractivity contribution in [3.8, 4) is 0 Å². The second-order valence-corrected chi connectivity index (χ2v) is 11.4. The molecule has 0 spiro atoms. The average molecular weight is 466 g/mol. The number of carbonyl (C=O) groups excluding carboxylic acids is 1. The molecule has 0 aliphatic heterocycles. The first-order valence-electron chi connectivity index (χ1n) is 10.3. The Balaban J connectivity index is 1.69. The largest absolute Gasteiger partial charge is 0.396 e. The van der Waals surface area contributed by atoms with E-state index >= 15 is 0 Å². The summed E-state index contributed by atoms with van der Waals surface area (Å²) < 4.78 is 17.1. The number of anilines is 1. The van der Waals surface area contributed by atoms with Crippen LogP contribution in [0, 0.1) is 0 Å². The summed E-state index contributed by atoms with van der Waals surface area (Å²) in [6, 6.07) is -0.782. The lowest BCUT2D eigenvalue weighted by molar-refractivity contribution is 0.0780. The number of fused-ring (bicyclic) bond motifs is 2. The number of urea groups is 1. The van der Waals surface area contributed by atoms with Gasteiger partial charge in [0.2, 0.25) is 0 Å². The van der Waals surface area contributed by atoms with Gasteiger partial charge in [-0.1, -0.05) is 0 Å². The second-order valence-electron chi connectivity index (χ2n) is 8.42. The number of aliphatic hydroxyl groups is 2. The number of nitrogens with zero attached hydrogens (tertiary/aromatic N) is 3. The Morgan fingerprint density at radius 3 is 2.35 bits per heavy atom. The lowest BCUT2D eigenvalue weighted by atomic mass is 10.1. The van der Waals surface area contributed by atoms with Gasteiger partial charge in [0.05, 0.1) is 11.4 Å². The number of carbonyl (C=O) groups is 1. The first-order valence-corrected chi connectivity index (χ1v) is 12.7. The molecule has 0 saturated heterocycles. The number of hydrogen-bond acceptors (Lipinski definition) is 7. The molecule has 4 rings (SSSR count). The topological polar surface area (TPSA) is 151 Å². The van der Waals surface area contributed by atoms with Crippen molar-refractivity contribution in [2.45, 2.75) is 68.6 Å². The van der Waals surface area contributed by atoms with Crippen molar-refractivity contribution in [2.75, 3.05) is 11.9 Å². The van der Waals surface area contributed by atoms with Gasteiger partial charge in [0.25, 0.3) is 0 Å². The van der Waals surface area contributed by atoms with Gasteiger partial charge in [-0.25, -0.2) is 19.1 Å². The van der Waals surface area contributed by atoms with Gasteiger partial charge >= 0.3 is 6.03 Å². The molecule has 2 amide bonds. The van der Waals surface area contributed by atoms with E-state index in [4.69, 9.17) is 10.1 Å². The predicted molar refractivity (Wildman–Crippen MR) is 118 cm³/mol. The van der Waals surface area contributed by atoms with E-state index in [1.807, 2.05) is 0 Å². The Labute approximate surface area is 185 Å². The fourth-order valence-corrected chi connectivity index (χ4v) is 6.66. The molecular weight excluding hydrogens is 438 g/mol. The minimum Gasteiger partial charge on any atom is -0.396 e. The lowest BCUT2D eigenvalue weighted by Gasteiger charge is -2.14. The third-order valence-corrected chi connectivity index (χ3v) is 8.88. The smallest absolute Gasteiger partial charge is 0.354 e. The number of thiazole rings is 1. The van der Waals surface area contributed by atoms with E-state index in [9.17, 15) is 19.2 Å². The zero-order valence-corrected chi connectivity index (χ0v) is 19.2. The van der Waals surface area contributed by atoms with E-state index in [-0.39, 0.29) is 22.9 Å². The molecule has 2 aliphatic rings. The van der Waals surface area contributed by atoms with Gasteiger partial charge in [0, 0.05) is 24.4 Å². The molecule has 11 heteroatoms. The zero-order valence-electron chi connectivity index (χ0n) is 17.6. The van der Waals surface area contributed by atoms with E-state index in [0.717, 1.165) is 78.1 Å². The van der Waals surface area contributed by atoms with Gasteiger partial charge in [-0.2, -0.15) is 0 Å². The van der Waals surface area contributed by atoms with Crippen LogP contribution in [0.25, 0.3) is 0 Å². The van der Waals surface area contributed by atoms with Gasteiger partial charge < -0.3 is 15.5 Å². The third kappa shape index (κ3) is 4.37. The van der Waals surface area contributed by atoms with E-state index in [0.29, 0.717) is 5.01 Å². The van der Waals surface area contributed by atoms with Crippen LogP contribution in [0.15, 0.2) is 8.57 Å². The van der Waals surface area contributed by atoms with Crippen molar-refractivity contribution in [3.05, 3.63) is 33.2 Å². The highest BCUT2D eigenvalue weighted by molar-refractivity contribution is 7.93. The Hall–Kier alpha value is -1.92. The van der Waals surface area contributed by atoms with Crippen LogP contribution >= 0.6 is 11.3 Å². The highest BCUT2D eigenvalue weighted by Gasteiger charge is 2.29. The molecule has 168 valence electrons. The molecule has 0 saturated carbocycles. The molecule has 1 atom stereocenters. The number of rotatable bonds is 5. The van der Waals surface area contributed by atoms with Crippen molar-refractivity contribution in [3.63, 3.8) is 0 Å². The normalized spacial score (nSPS) is 17.2. The molecule has 31 heavy (non-hydrogen) atoms. The second kappa shape index (κ2) is 8.21. The van der Waals surface area contributed by atoms with Gasteiger partial charge in [-0.3, -0.25) is 4.98 Å². The average Bonchev–Trinajstić information content (AvgIpc) is 3.39. The maximum Gasteiger partial charge on any atom is 0.354 e. The number of hydrogen-bond donors (Lipinski definition) is 4. The van der Waals surface area contributed by atoms with Crippen LogP contribution in [0.4, 0.5) is 10.5 Å². The highest BCUT2D eigenvalue weighted by Crippen LogP contribution is 2.37. The molecule has 0 aromatic carbocycles. The van der Waals surface area contributed by atoms with Crippen LogP contribution < -0.4 is 10.5 Å². The number of aliphatic hydroxyl groups excluding tert-OH is 1. The van der Waals surface area contributed by atoms with E-state index in [2.05, 4.69) is 14.7 Å². The van der Waals surface area contributed by atoms with Crippen LogP contribution in [0.1, 0.15) is 59.9 Å². The van der Waals surface area contributed by atoms with Crippen molar-refractivity contribution >= 4 is 33.0 Å². The van der Waals surface area contributed by atoms with Gasteiger partial charge in [0.15, 0.2) is 9.92 Å². The summed E-state index contributed by atoms with van der Waals surface area (Å²) in [5.41, 5.74) is 3.86. The molecule has 0 bridgehead atoms. The SMILES string of the molecule is CC(C)(O)c1nc(CCO)c([S@@](N)(=O)=NC(=O)Nc2c3c(nc4c2CCC4)CCC3)s1. The molecule has 2 aliphatic carbocycles. The Kier molecular flexibility index (Phi) is 5.90. The monoisotopic (exact) mass is 465 g/mol. The molecule has 2 aromatic heterocycles. The molecule has 0 unspecified atom stereocenters. The molecule has 0 radical (unpaired) electrons. The lowest BCUT2D eigenvalue weighted by Crippen LogP contribution is -2.19. The Morgan fingerprint density at radius 1 is 1.19 bits per heavy atom. The number of aromatic nitrogens is 2. The number of nitrogens with one attached hydrogen (secondary N) is 1. The maximum absolute atomic E-state index is 13.2. The van der Waals surface area contributed by atoms with Gasteiger partial charge in [-0.15, -0.1) is 15.7 Å². The predicted octanol–water partition coefficient (Wildman–Crippen LogP) is 2.21. The van der Waals surface area contributed by atoms with Crippen molar-refractivity contribution in [1.29, 1.82) is 0 Å². The van der Waals surface area contributed by atoms with Crippen LogP contribution in [0.2, 0.25) is 0 Å². The Morgan fingerprint density at radius 2 is 1.81 bits per heavy atom. The van der Waals surface area contributed by atoms with Gasteiger partial charge in [-0.05, 0) is 63.5 Å². The van der Waals surface area contributed by atoms with E-state index < -0.39 is 21.5 Å². The fraction of sp³-hybridized carbons (Fsp3) is 0.550. The standard InChI is InChI=1S/C20H27N5O4S2/c1-20(2,28)18-23-15(9-10-26)17(30-18)31(21,29)25-19(27)24-16-11-5-3-7-13(11)22-14-8-4-6-12(14)16/h26,28H,3-10H2,1-2H3,(H3,21,22,24,25,27,29)/t31-/m0/s1. The summed E-state index contributed by atoms with van der Waals surface area (Å²) in [5.74, 6) is 0. The van der Waals surface area contributed by atoms with Crippen LogP contribution in [0.3, 0.4) is 0 Å². The minimum absolute atomic E-state index is 0.0958. The maximum atomic E-state index is 13.2. The summed E-state index contributed by atoms with van der Waals surface area (Å²) in [7, 11) is -3.62. The first kappa shape index (κ1) is 22.3. The van der Waals surface area contributed by atoms with E-state index in [1.54, 1.807) is 13.8 Å². The van der Waals surface area contributed by atoms with Crippen LogP contribution in [-0.2, 0) is 47.6 Å². The summed E-state index contributed by atoms with van der Waals surface area (Å²) >= 11 is 0.945. The van der Waals surface area contributed by atoms with E-state index in [1.165, 1.54) is 0 Å². The van der Waals surface area contributed by atoms with Crippen molar-refractivity contribution in [2.24, 2.45) is 9.50 Å². The number of amides is 2. The van der Waals surface area contributed by atoms with Crippen molar-refractivity contribution < 1.29 is 19.2 Å². The van der Waals surface area contributed by atoms with Crippen LogP contribution in [-0.4, -0.2) is 37.0 Å². The first-order chi connectivity index (χ1) is 14.6. The molecule has 2 aromatic rings. The molecule has 9 nitrogen and oxygen atoms in total. The fourth-order valence-electron chi connectivity index (χ4n) is 4.12. The quantitative estimate of drug-likeness (QED) is 0.531. The summed E-state index contributed by atoms with van der Waals surface area (Å²) in [6.45, 7) is 2.86. The van der Waals surface area contributed by atoms with Gasteiger partial charge in [0.1, 0.15) is 14.8 Å². The summed E-state index contributed by atoms with van der Waals surface area (Å²) in [4.78, 5) is 21.8. The zero-order chi connectivity index (χ0) is 22.4.